The molecule has 20 heavy (non-hydrogen) atoms. The number of carbonyl (C=O) groups is 1. The molecule has 0 bridgehead atoms. The Morgan fingerprint density at radius 2 is 2.30 bits per heavy atom. The largest absolute Gasteiger partial charge is 0.391 e. The standard InChI is InChI=1S/C15H19ClN2O2/c16-11-3-1-2-9(4-11)12-5-13(12)15(20)18-7-10-6-17-8-14(10)19/h1-4,10,12-14,17,19H,5-8H2,(H,18,20). The summed E-state index contributed by atoms with van der Waals surface area (Å²) >= 11 is 5.97. The second-order valence-corrected chi connectivity index (χ2v) is 6.17. The van der Waals surface area contributed by atoms with Crippen LogP contribution in [0.25, 0.3) is 0 Å². The lowest BCUT2D eigenvalue weighted by Crippen LogP contribution is -2.35. The predicted octanol–water partition coefficient (Wildman–Crippen LogP) is 1.14. The molecule has 1 heterocycles. The zero-order valence-electron chi connectivity index (χ0n) is 11.2. The van der Waals surface area contributed by atoms with Crippen molar-refractivity contribution < 1.29 is 9.90 Å². The van der Waals surface area contributed by atoms with Crippen molar-refractivity contribution in [3.05, 3.63) is 34.9 Å². The number of hydrogen-bond acceptors (Lipinski definition) is 3. The van der Waals surface area contributed by atoms with Crippen LogP contribution in [0.2, 0.25) is 5.02 Å². The Bertz CT molecular complexity index is 508. The summed E-state index contributed by atoms with van der Waals surface area (Å²) in [6, 6.07) is 7.72. The summed E-state index contributed by atoms with van der Waals surface area (Å²) in [7, 11) is 0. The third kappa shape index (κ3) is 2.97. The lowest BCUT2D eigenvalue weighted by molar-refractivity contribution is -0.122. The van der Waals surface area contributed by atoms with E-state index in [9.17, 15) is 9.90 Å². The summed E-state index contributed by atoms with van der Waals surface area (Å²) in [5.41, 5.74) is 1.14. The van der Waals surface area contributed by atoms with Gasteiger partial charge in [-0.3, -0.25) is 4.79 Å². The van der Waals surface area contributed by atoms with Gasteiger partial charge >= 0.3 is 0 Å². The highest BCUT2D eigenvalue weighted by molar-refractivity contribution is 6.30. The Labute approximate surface area is 123 Å². The maximum absolute atomic E-state index is 12.1. The molecule has 3 N–H and O–H groups in total. The predicted molar refractivity (Wildman–Crippen MR) is 77.7 cm³/mol. The third-order valence-corrected chi connectivity index (χ3v) is 4.48. The van der Waals surface area contributed by atoms with E-state index in [-0.39, 0.29) is 23.8 Å². The fourth-order valence-corrected chi connectivity index (χ4v) is 3.08. The first-order valence-corrected chi connectivity index (χ1v) is 7.45. The van der Waals surface area contributed by atoms with E-state index in [2.05, 4.69) is 10.6 Å². The van der Waals surface area contributed by atoms with Crippen LogP contribution < -0.4 is 10.6 Å². The van der Waals surface area contributed by atoms with E-state index in [0.717, 1.165) is 18.5 Å². The first-order chi connectivity index (χ1) is 9.65. The van der Waals surface area contributed by atoms with Gasteiger partial charge in [0.2, 0.25) is 5.91 Å². The molecule has 1 amide bonds. The van der Waals surface area contributed by atoms with Crippen molar-refractivity contribution in [3.63, 3.8) is 0 Å². The molecule has 2 fully saturated rings. The number of carbonyl (C=O) groups excluding carboxylic acids is 1. The molecule has 1 aromatic carbocycles. The van der Waals surface area contributed by atoms with E-state index >= 15 is 0 Å². The van der Waals surface area contributed by atoms with E-state index in [0.29, 0.717) is 24.0 Å². The summed E-state index contributed by atoms with van der Waals surface area (Å²) in [5.74, 6) is 0.566. The van der Waals surface area contributed by atoms with Gasteiger partial charge in [-0.2, -0.15) is 0 Å². The number of aliphatic hydroxyl groups excluding tert-OH is 1. The molecule has 1 aliphatic carbocycles. The topological polar surface area (TPSA) is 61.4 Å². The molecule has 1 saturated carbocycles. The summed E-state index contributed by atoms with van der Waals surface area (Å²) in [4.78, 5) is 12.1. The van der Waals surface area contributed by atoms with Crippen LogP contribution in [0.4, 0.5) is 0 Å². The minimum atomic E-state index is -0.349. The van der Waals surface area contributed by atoms with Gasteiger partial charge in [-0.25, -0.2) is 0 Å². The van der Waals surface area contributed by atoms with Crippen LogP contribution in [0.15, 0.2) is 24.3 Å². The summed E-state index contributed by atoms with van der Waals surface area (Å²) < 4.78 is 0. The number of hydrogen-bond donors (Lipinski definition) is 3. The Hall–Kier alpha value is -1.10. The molecule has 108 valence electrons. The van der Waals surface area contributed by atoms with E-state index in [1.165, 1.54) is 0 Å². The SMILES string of the molecule is O=C(NCC1CNCC1O)C1CC1c1cccc(Cl)c1. The number of amides is 1. The van der Waals surface area contributed by atoms with E-state index < -0.39 is 0 Å². The number of rotatable bonds is 4. The normalized spacial score (nSPS) is 32.1. The number of halogens is 1. The van der Waals surface area contributed by atoms with Crippen LogP contribution in [0.1, 0.15) is 17.9 Å². The Kier molecular flexibility index (Phi) is 3.96. The molecule has 3 rings (SSSR count). The molecule has 1 aliphatic heterocycles. The zero-order valence-corrected chi connectivity index (χ0v) is 11.9. The van der Waals surface area contributed by atoms with Crippen LogP contribution in [0.5, 0.6) is 0 Å². The number of nitrogens with one attached hydrogen (secondary N) is 2. The smallest absolute Gasteiger partial charge is 0.223 e. The van der Waals surface area contributed by atoms with E-state index in [4.69, 9.17) is 11.6 Å². The maximum atomic E-state index is 12.1. The highest BCUT2D eigenvalue weighted by Gasteiger charge is 2.44. The van der Waals surface area contributed by atoms with Gasteiger partial charge in [-0.1, -0.05) is 23.7 Å². The molecule has 4 nitrogen and oxygen atoms in total. The van der Waals surface area contributed by atoms with Crippen LogP contribution in [0, 0.1) is 11.8 Å². The van der Waals surface area contributed by atoms with Crippen molar-refractivity contribution in [1.82, 2.24) is 10.6 Å². The fourth-order valence-electron chi connectivity index (χ4n) is 2.88. The molecule has 4 atom stereocenters. The summed E-state index contributed by atoms with van der Waals surface area (Å²) in [5, 5.41) is 16.5. The van der Waals surface area contributed by atoms with Gasteiger partial charge < -0.3 is 15.7 Å². The van der Waals surface area contributed by atoms with Crippen molar-refractivity contribution in [2.75, 3.05) is 19.6 Å². The van der Waals surface area contributed by atoms with Crippen molar-refractivity contribution >= 4 is 17.5 Å². The van der Waals surface area contributed by atoms with Crippen LogP contribution in [0.3, 0.4) is 0 Å². The maximum Gasteiger partial charge on any atom is 0.223 e. The zero-order chi connectivity index (χ0) is 14.1. The molecule has 2 aliphatic rings. The third-order valence-electron chi connectivity index (χ3n) is 4.25. The average molecular weight is 295 g/mol. The number of β-amino-alcohol motifs (C(OH)–C–C–N with tert-alkyl or cyclic N) is 1. The van der Waals surface area contributed by atoms with E-state index in [1.807, 2.05) is 24.3 Å². The van der Waals surface area contributed by atoms with Gasteiger partial charge in [-0.15, -0.1) is 0 Å². The van der Waals surface area contributed by atoms with Crippen LogP contribution in [-0.4, -0.2) is 36.8 Å². The van der Waals surface area contributed by atoms with Gasteiger partial charge in [0.15, 0.2) is 0 Å². The highest BCUT2D eigenvalue weighted by atomic mass is 35.5. The number of aliphatic hydroxyl groups is 1. The highest BCUT2D eigenvalue weighted by Crippen LogP contribution is 2.47. The van der Waals surface area contributed by atoms with Crippen molar-refractivity contribution in [2.45, 2.75) is 18.4 Å². The quantitative estimate of drug-likeness (QED) is 0.780. The monoisotopic (exact) mass is 294 g/mol. The minimum absolute atomic E-state index is 0.0555. The molecular formula is C15H19ClN2O2. The fraction of sp³-hybridized carbons (Fsp3) is 0.533. The summed E-state index contributed by atoms with van der Waals surface area (Å²) in [6.45, 7) is 1.94. The molecule has 5 heteroatoms. The Balaban J connectivity index is 1.50. The Morgan fingerprint density at radius 1 is 1.45 bits per heavy atom. The molecule has 1 saturated heterocycles. The van der Waals surface area contributed by atoms with Gasteiger partial charge in [0.1, 0.15) is 0 Å². The van der Waals surface area contributed by atoms with Crippen molar-refractivity contribution in [1.29, 1.82) is 0 Å². The first-order valence-electron chi connectivity index (χ1n) is 7.07. The molecule has 1 aromatic rings. The van der Waals surface area contributed by atoms with Crippen molar-refractivity contribution in [2.24, 2.45) is 11.8 Å². The van der Waals surface area contributed by atoms with Crippen molar-refractivity contribution in [3.8, 4) is 0 Å². The minimum Gasteiger partial charge on any atom is -0.391 e. The molecule has 0 radical (unpaired) electrons. The molecule has 0 aromatic heterocycles. The van der Waals surface area contributed by atoms with Gasteiger partial charge in [0.25, 0.3) is 0 Å². The number of benzene rings is 1. The molecule has 0 spiro atoms. The summed E-state index contributed by atoms with van der Waals surface area (Å²) in [6.07, 6.45) is 0.538. The van der Waals surface area contributed by atoms with Gasteiger partial charge in [0.05, 0.1) is 6.10 Å². The van der Waals surface area contributed by atoms with Gasteiger partial charge in [-0.05, 0) is 30.0 Å². The average Bonchev–Trinajstić information content (AvgIpc) is 3.13. The lowest BCUT2D eigenvalue weighted by atomic mass is 10.1. The first kappa shape index (κ1) is 13.9. The molecular weight excluding hydrogens is 276 g/mol. The Morgan fingerprint density at radius 3 is 3.00 bits per heavy atom. The lowest BCUT2D eigenvalue weighted by Gasteiger charge is -2.14. The van der Waals surface area contributed by atoms with E-state index in [1.54, 1.807) is 0 Å². The second-order valence-electron chi connectivity index (χ2n) is 5.73. The molecule has 4 unspecified atom stereocenters. The van der Waals surface area contributed by atoms with Gasteiger partial charge in [0, 0.05) is 36.5 Å². The van der Waals surface area contributed by atoms with Crippen LogP contribution >= 0.6 is 11.6 Å². The van der Waals surface area contributed by atoms with Crippen LogP contribution in [-0.2, 0) is 4.79 Å². The second kappa shape index (κ2) is 5.72.